The molecule has 30 heavy (non-hydrogen) atoms. The largest absolute Gasteiger partial charge is 0.505 e. The summed E-state index contributed by atoms with van der Waals surface area (Å²) in [5.41, 5.74) is 2.14. The summed E-state index contributed by atoms with van der Waals surface area (Å²) in [6.45, 7) is 0.386. The number of nitrogens with zero attached hydrogens (tertiary/aromatic N) is 2. The van der Waals surface area contributed by atoms with Gasteiger partial charge in [-0.1, -0.05) is 6.07 Å². The van der Waals surface area contributed by atoms with Gasteiger partial charge in [0, 0.05) is 38.7 Å². The second kappa shape index (κ2) is 9.08. The maximum Gasteiger partial charge on any atom is 0.257 e. The molecule has 0 fully saturated rings. The predicted molar refractivity (Wildman–Crippen MR) is 110 cm³/mol. The molecule has 0 radical (unpaired) electrons. The highest BCUT2D eigenvalue weighted by atomic mass is 16.3. The normalized spacial score (nSPS) is 12.8. The number of hydrogen-bond donors (Lipinski definition) is 4. The molecule has 156 valence electrons. The van der Waals surface area contributed by atoms with Gasteiger partial charge in [0.2, 0.25) is 5.91 Å². The minimum Gasteiger partial charge on any atom is -0.505 e. The third-order valence-electron chi connectivity index (χ3n) is 4.55. The first kappa shape index (κ1) is 20.8. The van der Waals surface area contributed by atoms with E-state index in [4.69, 9.17) is 0 Å². The number of aromatic nitrogens is 1. The van der Waals surface area contributed by atoms with Gasteiger partial charge >= 0.3 is 0 Å². The van der Waals surface area contributed by atoms with Gasteiger partial charge in [0.1, 0.15) is 5.70 Å². The third-order valence-corrected chi connectivity index (χ3v) is 4.55. The van der Waals surface area contributed by atoms with E-state index >= 15 is 0 Å². The van der Waals surface area contributed by atoms with E-state index in [-0.39, 0.29) is 53.3 Å². The molecule has 2 amide bonds. The van der Waals surface area contributed by atoms with Gasteiger partial charge in [-0.25, -0.2) is 0 Å². The Labute approximate surface area is 173 Å². The highest BCUT2D eigenvalue weighted by molar-refractivity contribution is 6.07. The highest BCUT2D eigenvalue weighted by Crippen LogP contribution is 2.32. The number of Topliss-reactive ketones (excluding diaryl/α,β-unsaturated/α-hetero) is 1. The molecule has 0 spiro atoms. The number of pyridine rings is 1. The summed E-state index contributed by atoms with van der Waals surface area (Å²) in [4.78, 5) is 41.5. The molecule has 0 saturated heterocycles. The van der Waals surface area contributed by atoms with Crippen molar-refractivity contribution in [3.05, 3.63) is 65.2 Å². The lowest BCUT2D eigenvalue weighted by atomic mass is 9.98. The zero-order chi connectivity index (χ0) is 21.7. The maximum atomic E-state index is 12.2. The molecular formula is C21H23N5O4. The van der Waals surface area contributed by atoms with E-state index in [2.05, 4.69) is 20.9 Å². The number of anilines is 1. The maximum absolute atomic E-state index is 12.2. The van der Waals surface area contributed by atoms with Crippen molar-refractivity contribution in [3.8, 4) is 5.75 Å². The van der Waals surface area contributed by atoms with E-state index in [1.54, 1.807) is 38.6 Å². The fourth-order valence-corrected chi connectivity index (χ4v) is 2.84. The van der Waals surface area contributed by atoms with Gasteiger partial charge in [-0.05, 0) is 29.8 Å². The smallest absolute Gasteiger partial charge is 0.257 e. The molecule has 0 atom stereocenters. The fraction of sp³-hybridized carbons (Fsp3) is 0.238. The molecule has 1 aromatic heterocycles. The van der Waals surface area contributed by atoms with Gasteiger partial charge < -0.3 is 26.0 Å². The van der Waals surface area contributed by atoms with Crippen molar-refractivity contribution >= 4 is 23.3 Å². The summed E-state index contributed by atoms with van der Waals surface area (Å²) in [5, 5.41) is 19.0. The quantitative estimate of drug-likeness (QED) is 0.480. The molecule has 1 heterocycles. The summed E-state index contributed by atoms with van der Waals surface area (Å²) >= 11 is 0. The van der Waals surface area contributed by atoms with Crippen LogP contribution in [0.15, 0.2) is 54.1 Å². The Balaban J connectivity index is 1.62. The number of rotatable bonds is 8. The van der Waals surface area contributed by atoms with Gasteiger partial charge in [-0.15, -0.1) is 0 Å². The number of nitrogens with one attached hydrogen (secondary N) is 3. The SMILES string of the molecule is CN(C)C(=O)c1cccc(NC2=C(NCC(=O)NCc3ccncc3)CC2=O)c1O. The van der Waals surface area contributed by atoms with Crippen LogP contribution in [0.3, 0.4) is 0 Å². The number of aromatic hydroxyl groups is 1. The molecule has 9 heteroatoms. The molecule has 1 aliphatic carbocycles. The van der Waals surface area contributed by atoms with Crippen molar-refractivity contribution in [2.45, 2.75) is 13.0 Å². The van der Waals surface area contributed by atoms with E-state index < -0.39 is 0 Å². The molecule has 0 aliphatic heterocycles. The average Bonchev–Trinajstić information content (AvgIpc) is 2.74. The number of carbonyl (C=O) groups is 3. The van der Waals surface area contributed by atoms with Crippen molar-refractivity contribution in [1.82, 2.24) is 20.5 Å². The molecule has 0 unspecified atom stereocenters. The van der Waals surface area contributed by atoms with Crippen LogP contribution in [-0.2, 0) is 16.1 Å². The number of hydrogen-bond acceptors (Lipinski definition) is 7. The molecule has 1 aromatic carbocycles. The standard InChI is InChI=1S/C21H23N5O4/c1-26(2)21(30)14-4-3-5-15(20(14)29)25-19-16(10-17(19)27)23-12-18(28)24-11-13-6-8-22-9-7-13/h3-9,23,25,29H,10-12H2,1-2H3,(H,24,28). The first-order valence-corrected chi connectivity index (χ1v) is 9.33. The Bertz CT molecular complexity index is 1000. The summed E-state index contributed by atoms with van der Waals surface area (Å²) < 4.78 is 0. The van der Waals surface area contributed by atoms with Gasteiger partial charge in [0.05, 0.1) is 24.2 Å². The molecule has 9 nitrogen and oxygen atoms in total. The lowest BCUT2D eigenvalue weighted by Gasteiger charge is -2.25. The zero-order valence-electron chi connectivity index (χ0n) is 16.7. The van der Waals surface area contributed by atoms with Gasteiger partial charge in [-0.3, -0.25) is 19.4 Å². The Morgan fingerprint density at radius 3 is 2.57 bits per heavy atom. The predicted octanol–water partition coefficient (Wildman–Crippen LogP) is 0.991. The monoisotopic (exact) mass is 409 g/mol. The minimum absolute atomic E-state index is 0.00398. The topological polar surface area (TPSA) is 124 Å². The molecule has 4 N–H and O–H groups in total. The molecule has 0 saturated carbocycles. The van der Waals surface area contributed by atoms with Crippen LogP contribution in [0.25, 0.3) is 0 Å². The van der Waals surface area contributed by atoms with E-state index in [9.17, 15) is 19.5 Å². The number of para-hydroxylation sites is 1. The summed E-state index contributed by atoms with van der Waals surface area (Å²) in [6, 6.07) is 8.31. The lowest BCUT2D eigenvalue weighted by molar-refractivity contribution is -0.121. The fourth-order valence-electron chi connectivity index (χ4n) is 2.84. The van der Waals surface area contributed by atoms with Crippen LogP contribution in [0, 0.1) is 0 Å². The third kappa shape index (κ3) is 4.75. The Hall–Kier alpha value is -3.88. The van der Waals surface area contributed by atoms with E-state index in [1.807, 2.05) is 12.1 Å². The molecule has 1 aliphatic rings. The Morgan fingerprint density at radius 1 is 1.17 bits per heavy atom. The van der Waals surface area contributed by atoms with Crippen LogP contribution in [0.1, 0.15) is 22.3 Å². The van der Waals surface area contributed by atoms with Crippen LogP contribution < -0.4 is 16.0 Å². The van der Waals surface area contributed by atoms with Gasteiger partial charge in [-0.2, -0.15) is 0 Å². The summed E-state index contributed by atoms with van der Waals surface area (Å²) in [6.07, 6.45) is 3.47. The van der Waals surface area contributed by atoms with E-state index in [0.717, 1.165) is 5.56 Å². The number of benzene rings is 1. The van der Waals surface area contributed by atoms with Crippen LogP contribution in [0.2, 0.25) is 0 Å². The highest BCUT2D eigenvalue weighted by Gasteiger charge is 2.29. The summed E-state index contributed by atoms with van der Waals surface area (Å²) in [5.74, 6) is -0.968. The molecule has 3 rings (SSSR count). The number of allylic oxidation sites excluding steroid dienone is 2. The number of ketones is 1. The second-order valence-electron chi connectivity index (χ2n) is 6.97. The van der Waals surface area contributed by atoms with Crippen LogP contribution in [0.4, 0.5) is 5.69 Å². The van der Waals surface area contributed by atoms with Crippen molar-refractivity contribution in [3.63, 3.8) is 0 Å². The summed E-state index contributed by atoms with van der Waals surface area (Å²) in [7, 11) is 3.17. The van der Waals surface area contributed by atoms with Gasteiger partial charge in [0.15, 0.2) is 11.5 Å². The Kier molecular flexibility index (Phi) is 6.31. The average molecular weight is 409 g/mol. The second-order valence-corrected chi connectivity index (χ2v) is 6.97. The van der Waals surface area contributed by atoms with Crippen molar-refractivity contribution in [2.24, 2.45) is 0 Å². The van der Waals surface area contributed by atoms with Crippen molar-refractivity contribution in [2.75, 3.05) is 26.0 Å². The van der Waals surface area contributed by atoms with Crippen molar-refractivity contribution < 1.29 is 19.5 Å². The zero-order valence-corrected chi connectivity index (χ0v) is 16.7. The molecular weight excluding hydrogens is 386 g/mol. The van der Waals surface area contributed by atoms with Crippen LogP contribution >= 0.6 is 0 Å². The molecule has 2 aromatic rings. The van der Waals surface area contributed by atoms with E-state index in [1.165, 1.54) is 11.0 Å². The van der Waals surface area contributed by atoms with E-state index in [0.29, 0.717) is 12.2 Å². The first-order chi connectivity index (χ1) is 14.4. The molecule has 0 bridgehead atoms. The van der Waals surface area contributed by atoms with Crippen LogP contribution in [0.5, 0.6) is 5.75 Å². The number of phenols is 1. The number of carbonyl (C=O) groups excluding carboxylic acids is 3. The minimum atomic E-state index is -0.353. The lowest BCUT2D eigenvalue weighted by Crippen LogP contribution is -2.38. The van der Waals surface area contributed by atoms with Crippen molar-refractivity contribution in [1.29, 1.82) is 0 Å². The van der Waals surface area contributed by atoms with Gasteiger partial charge in [0.25, 0.3) is 5.91 Å². The number of amides is 2. The number of phenolic OH excluding ortho intramolecular Hbond substituents is 1. The van der Waals surface area contributed by atoms with Crippen LogP contribution in [-0.4, -0.2) is 53.2 Å². The first-order valence-electron chi connectivity index (χ1n) is 9.33. The Morgan fingerprint density at radius 2 is 1.90 bits per heavy atom.